The number of nitrogens with two attached hydrogens (primary N) is 7. The molecule has 0 aromatic rings. The number of aliphatic hydroxyl groups excluding tert-OH is 2. The van der Waals surface area contributed by atoms with Crippen molar-refractivity contribution in [1.82, 2.24) is 53.2 Å². The maximum absolute atomic E-state index is 14.5. The zero-order valence-corrected chi connectivity index (χ0v) is 51.0. The third-order valence-corrected chi connectivity index (χ3v) is 15.6. The molecule has 0 spiro atoms. The molecule has 0 radical (unpaired) electrons. The van der Waals surface area contributed by atoms with Gasteiger partial charge < -0.3 is 109 Å². The van der Waals surface area contributed by atoms with Crippen LogP contribution in [0.1, 0.15) is 106 Å². The Hall–Kier alpha value is -7.28. The lowest BCUT2D eigenvalue weighted by molar-refractivity contribution is -0.138. The van der Waals surface area contributed by atoms with Crippen LogP contribution in [-0.2, 0) is 57.5 Å². The second-order valence-electron chi connectivity index (χ2n) is 20.8. The standard InChI is InChI=1S/C50H91N19O15S2/c1-7-24(4)36-47(83)65-31(43(79)61-28(39(53)75)15-16-34(73)74)21-85-86-22-32(44(80)69-37(25(5)70)45(81)60-20-33(72)66-36)64-41(77)29(13-8-9-17-51)62-46(82)35(23(2)3)67-42(78)30(14-11-19-59-50(56)57)63-48(84)38(26(6)71)68-40(76)27(52)12-10-18-58-49(54)55/h23-32,35-38,70-71H,7-22,51-52H2,1-6H3,(H2,53,75)(H,60,81)(H,61,79)(H,62,82)(H,63,84)(H,64,77)(H,65,83)(H,66,72)(H,67,78)(H,68,76)(H,69,80)(H,73,74)(H4,54,55,58)(H4,56,57,59)/t24-,25+,26+,27-,28-,29-,30-,31-,32-,35-,36-,37-,38-/m0/s1. The number of hydrogen-bond donors (Lipinski definition) is 20. The number of nitrogens with zero attached hydrogens (tertiary/aromatic N) is 2. The number of carboxylic acid groups (broad SMARTS) is 1. The summed E-state index contributed by atoms with van der Waals surface area (Å²) in [7, 11) is 1.76. The summed E-state index contributed by atoms with van der Waals surface area (Å²) >= 11 is 0. The Morgan fingerprint density at radius 1 is 0.628 bits per heavy atom. The van der Waals surface area contributed by atoms with E-state index in [-0.39, 0.29) is 75.2 Å². The van der Waals surface area contributed by atoms with Crippen LogP contribution in [0.5, 0.6) is 0 Å². The molecule has 27 N–H and O–H groups in total. The van der Waals surface area contributed by atoms with E-state index in [0.29, 0.717) is 19.3 Å². The number of carbonyl (C=O) groups is 12. The van der Waals surface area contributed by atoms with Gasteiger partial charge in [-0.15, -0.1) is 0 Å². The van der Waals surface area contributed by atoms with Gasteiger partial charge in [0.15, 0.2) is 11.9 Å². The summed E-state index contributed by atoms with van der Waals surface area (Å²) in [6.45, 7) is 8.45. The Morgan fingerprint density at radius 2 is 1.19 bits per heavy atom. The number of guanidine groups is 2. The summed E-state index contributed by atoms with van der Waals surface area (Å²) in [5, 5.41) is 55.4. The minimum Gasteiger partial charge on any atom is -0.481 e. The maximum Gasteiger partial charge on any atom is 0.303 e. The van der Waals surface area contributed by atoms with E-state index in [4.69, 9.17) is 40.1 Å². The highest BCUT2D eigenvalue weighted by Crippen LogP contribution is 2.24. The molecule has 36 heteroatoms. The topological polar surface area (TPSA) is 593 Å². The molecule has 1 rings (SSSR count). The van der Waals surface area contributed by atoms with E-state index in [1.54, 1.807) is 27.7 Å². The predicted molar refractivity (Wildman–Crippen MR) is 320 cm³/mol. The van der Waals surface area contributed by atoms with Crippen molar-refractivity contribution < 1.29 is 72.9 Å². The van der Waals surface area contributed by atoms with Crippen molar-refractivity contribution in [1.29, 1.82) is 0 Å². The van der Waals surface area contributed by atoms with Gasteiger partial charge in [-0.3, -0.25) is 67.5 Å². The lowest BCUT2D eigenvalue weighted by Crippen LogP contribution is -2.62. The van der Waals surface area contributed by atoms with E-state index in [1.165, 1.54) is 13.8 Å². The number of aliphatic carboxylic acids is 1. The molecule has 0 aliphatic carbocycles. The maximum atomic E-state index is 14.5. The van der Waals surface area contributed by atoms with Gasteiger partial charge >= 0.3 is 5.97 Å². The van der Waals surface area contributed by atoms with E-state index < -0.39 is 175 Å². The first-order valence-electron chi connectivity index (χ1n) is 28.0. The minimum atomic E-state index is -1.73. The molecule has 13 atom stereocenters. The van der Waals surface area contributed by atoms with Crippen LogP contribution < -0.4 is 93.3 Å². The number of aliphatic imine (C=N–C) groups is 2. The molecule has 0 bridgehead atoms. The molecule has 86 heavy (non-hydrogen) atoms. The summed E-state index contributed by atoms with van der Waals surface area (Å²) in [6, 6.07) is -14.7. The molecule has 0 aromatic carbocycles. The summed E-state index contributed by atoms with van der Waals surface area (Å²) in [4.78, 5) is 170. The molecular weight excluding hydrogens is 1170 g/mol. The lowest BCUT2D eigenvalue weighted by Gasteiger charge is -2.29. The first kappa shape index (κ1) is 76.7. The minimum absolute atomic E-state index is 0.00604. The number of nitrogens with one attached hydrogen (secondary N) is 10. The highest BCUT2D eigenvalue weighted by molar-refractivity contribution is 8.76. The van der Waals surface area contributed by atoms with Gasteiger partial charge in [-0.25, -0.2) is 0 Å². The third-order valence-electron chi connectivity index (χ3n) is 13.2. The number of rotatable bonds is 33. The van der Waals surface area contributed by atoms with Crippen molar-refractivity contribution >= 4 is 104 Å². The van der Waals surface area contributed by atoms with Gasteiger partial charge in [0, 0.05) is 31.0 Å². The third kappa shape index (κ3) is 29.2. The van der Waals surface area contributed by atoms with Crippen LogP contribution in [0, 0.1) is 11.8 Å². The molecule has 0 aromatic heterocycles. The molecule has 34 nitrogen and oxygen atoms in total. The number of hydrogen-bond acceptors (Lipinski definition) is 20. The zero-order valence-electron chi connectivity index (χ0n) is 49.4. The molecular formula is C50H91N19O15S2. The molecule has 1 aliphatic heterocycles. The van der Waals surface area contributed by atoms with Crippen LogP contribution in [0.4, 0.5) is 0 Å². The zero-order chi connectivity index (χ0) is 65.4. The summed E-state index contributed by atoms with van der Waals surface area (Å²) < 4.78 is 0. The van der Waals surface area contributed by atoms with Gasteiger partial charge in [0.2, 0.25) is 65.0 Å². The van der Waals surface area contributed by atoms with Crippen LogP contribution in [0.15, 0.2) is 9.98 Å². The Bertz CT molecular complexity index is 2360. The largest absolute Gasteiger partial charge is 0.481 e. The number of unbranched alkanes of at least 4 members (excludes halogenated alkanes) is 1. The first-order chi connectivity index (χ1) is 40.3. The molecule has 0 unspecified atom stereocenters. The molecule has 0 saturated carbocycles. The number of carbonyl (C=O) groups excluding carboxylic acids is 11. The Kier molecular flexibility index (Phi) is 35.8. The molecule has 1 fully saturated rings. The van der Waals surface area contributed by atoms with Gasteiger partial charge in [-0.05, 0) is 83.6 Å². The van der Waals surface area contributed by atoms with Gasteiger partial charge in [-0.2, -0.15) is 0 Å². The highest BCUT2D eigenvalue weighted by Gasteiger charge is 2.38. The summed E-state index contributed by atoms with van der Waals surface area (Å²) in [6.07, 6.45) is -2.89. The van der Waals surface area contributed by atoms with Crippen molar-refractivity contribution in [3.05, 3.63) is 0 Å². The van der Waals surface area contributed by atoms with E-state index >= 15 is 0 Å². The quantitative estimate of drug-likeness (QED) is 0.0126. The van der Waals surface area contributed by atoms with Crippen LogP contribution in [-0.4, -0.2) is 208 Å². The number of amides is 11. The molecule has 1 heterocycles. The Labute approximate surface area is 506 Å². The number of aliphatic hydroxyl groups is 2. The van der Waals surface area contributed by atoms with E-state index in [2.05, 4.69) is 63.2 Å². The summed E-state index contributed by atoms with van der Waals surface area (Å²) in [5.41, 5.74) is 38.9. The normalized spacial score (nSPS) is 20.2. The highest BCUT2D eigenvalue weighted by atomic mass is 33.1. The average molecular weight is 1260 g/mol. The van der Waals surface area contributed by atoms with Crippen LogP contribution in [0.25, 0.3) is 0 Å². The second-order valence-corrected chi connectivity index (χ2v) is 23.4. The molecule has 488 valence electrons. The van der Waals surface area contributed by atoms with Crippen molar-refractivity contribution in [3.8, 4) is 0 Å². The van der Waals surface area contributed by atoms with Crippen molar-refractivity contribution in [2.45, 2.75) is 178 Å². The Morgan fingerprint density at radius 3 is 1.72 bits per heavy atom. The van der Waals surface area contributed by atoms with E-state index in [1.807, 2.05) is 0 Å². The number of primary amides is 1. The predicted octanol–water partition coefficient (Wildman–Crippen LogP) is -7.76. The smallest absolute Gasteiger partial charge is 0.303 e. The van der Waals surface area contributed by atoms with Gasteiger partial charge in [0.1, 0.15) is 54.4 Å². The van der Waals surface area contributed by atoms with Crippen molar-refractivity contribution in [2.75, 3.05) is 37.7 Å². The van der Waals surface area contributed by atoms with Crippen LogP contribution in [0.3, 0.4) is 0 Å². The molecule has 1 saturated heterocycles. The van der Waals surface area contributed by atoms with Crippen LogP contribution >= 0.6 is 21.6 Å². The van der Waals surface area contributed by atoms with Crippen LogP contribution in [0.2, 0.25) is 0 Å². The Balaban J connectivity index is 3.72. The lowest BCUT2D eigenvalue weighted by atomic mass is 9.98. The van der Waals surface area contributed by atoms with Gasteiger partial charge in [0.25, 0.3) is 0 Å². The molecule has 1 aliphatic rings. The van der Waals surface area contributed by atoms with E-state index in [9.17, 15) is 72.9 Å². The SMILES string of the molecule is CC[C@H](C)[C@@H]1NC(=O)CNC(=O)[C@H]([C@@H](C)O)NC(=O)[C@@H](NC(=O)[C@H](CCCCN)NC(=O)[C@@H](NC(=O)[C@H](CCCN=C(N)N)NC(=O)[C@@H](NC(=O)[C@@H](N)CCCN=C(N)N)[C@@H](C)O)C(C)C)CSSC[C@@H](C(=O)N[C@@H](CCC(=O)O)C(N)=O)NC1=O. The first-order valence-corrected chi connectivity index (χ1v) is 30.5. The van der Waals surface area contributed by atoms with Gasteiger partial charge in [-0.1, -0.05) is 55.7 Å². The van der Waals surface area contributed by atoms with Gasteiger partial charge in [0.05, 0.1) is 24.8 Å². The fourth-order valence-corrected chi connectivity index (χ4v) is 10.3. The monoisotopic (exact) mass is 1260 g/mol. The van der Waals surface area contributed by atoms with Crippen molar-refractivity contribution in [2.24, 2.45) is 62.0 Å². The fourth-order valence-electron chi connectivity index (χ4n) is 7.98. The van der Waals surface area contributed by atoms with E-state index in [0.717, 1.165) is 21.6 Å². The second kappa shape index (κ2) is 40.2. The molecule has 11 amide bonds. The number of carboxylic acids is 1. The summed E-state index contributed by atoms with van der Waals surface area (Å²) in [5.74, 6) is -14.1. The average Bonchev–Trinajstić information content (AvgIpc) is 3.59. The van der Waals surface area contributed by atoms with Crippen molar-refractivity contribution in [3.63, 3.8) is 0 Å². The fraction of sp³-hybridized carbons (Fsp3) is 0.720.